The van der Waals surface area contributed by atoms with Crippen molar-refractivity contribution in [3.63, 3.8) is 0 Å². The lowest BCUT2D eigenvalue weighted by Crippen LogP contribution is -2.61. The van der Waals surface area contributed by atoms with Crippen LogP contribution >= 0.6 is 0 Å². The van der Waals surface area contributed by atoms with E-state index in [9.17, 15) is 19.2 Å². The van der Waals surface area contributed by atoms with Gasteiger partial charge >= 0.3 is 5.97 Å². The Morgan fingerprint density at radius 3 is 2.22 bits per heavy atom. The largest absolute Gasteiger partial charge is 0.468 e. The average molecular weight is 524 g/mol. The number of carbonyl (C=O) groups is 4. The number of ether oxygens (including phenoxy) is 1. The van der Waals surface area contributed by atoms with E-state index < -0.39 is 17.4 Å². The second kappa shape index (κ2) is 13.6. The highest BCUT2D eigenvalue weighted by Crippen LogP contribution is 2.26. The highest BCUT2D eigenvalue weighted by Gasteiger charge is 2.41. The molecule has 0 aromatic rings. The predicted molar refractivity (Wildman–Crippen MR) is 143 cm³/mol. The maximum Gasteiger partial charge on any atom is 0.325 e. The average Bonchev–Trinajstić information content (AvgIpc) is 3.30. The van der Waals surface area contributed by atoms with Crippen molar-refractivity contribution in [2.24, 2.45) is 11.3 Å². The molecule has 0 aromatic carbocycles. The van der Waals surface area contributed by atoms with Gasteiger partial charge in [-0.3, -0.25) is 29.0 Å². The number of amides is 3. The fraction of sp³-hybridized carbons (Fsp3) is 0.852. The van der Waals surface area contributed by atoms with E-state index in [4.69, 9.17) is 0 Å². The van der Waals surface area contributed by atoms with E-state index in [2.05, 4.69) is 39.0 Å². The normalized spacial score (nSPS) is 22.8. The van der Waals surface area contributed by atoms with E-state index in [1.807, 2.05) is 27.8 Å². The molecule has 37 heavy (non-hydrogen) atoms. The molecule has 0 saturated carbocycles. The van der Waals surface area contributed by atoms with Crippen molar-refractivity contribution < 1.29 is 23.9 Å². The van der Waals surface area contributed by atoms with Crippen LogP contribution in [0.3, 0.4) is 0 Å². The first-order chi connectivity index (χ1) is 17.3. The SMILES string of the molecule is COC(=O)CNC(=O)[C@@H]1CCCN1C[C@H](C(C)C)N(C)C(=O)[C@@H](NC(=O)C1CCCCN1C)C(C)(C)C. The molecule has 212 valence electrons. The number of nitrogens with one attached hydrogen (secondary N) is 2. The van der Waals surface area contributed by atoms with Crippen molar-refractivity contribution in [3.8, 4) is 0 Å². The van der Waals surface area contributed by atoms with Gasteiger partial charge in [0.2, 0.25) is 17.7 Å². The molecule has 2 heterocycles. The molecule has 0 radical (unpaired) electrons. The first-order valence-corrected chi connectivity index (χ1v) is 13.6. The predicted octanol–water partition coefficient (Wildman–Crippen LogP) is 1.24. The monoisotopic (exact) mass is 523 g/mol. The number of hydrogen-bond donors (Lipinski definition) is 2. The molecule has 3 amide bonds. The highest BCUT2D eigenvalue weighted by atomic mass is 16.5. The Bertz CT molecular complexity index is 811. The highest BCUT2D eigenvalue weighted by molar-refractivity contribution is 5.90. The number of likely N-dealkylation sites (tertiary alicyclic amines) is 2. The summed E-state index contributed by atoms with van der Waals surface area (Å²) in [6.07, 6.45) is 4.46. The van der Waals surface area contributed by atoms with Crippen molar-refractivity contribution in [2.45, 2.75) is 90.9 Å². The number of esters is 1. The number of likely N-dealkylation sites (N-methyl/N-ethyl adjacent to an activating group) is 2. The van der Waals surface area contributed by atoms with Crippen molar-refractivity contribution in [1.82, 2.24) is 25.3 Å². The fourth-order valence-electron chi connectivity index (χ4n) is 5.37. The summed E-state index contributed by atoms with van der Waals surface area (Å²) < 4.78 is 4.62. The zero-order valence-electron chi connectivity index (χ0n) is 24.1. The third-order valence-electron chi connectivity index (χ3n) is 7.81. The smallest absolute Gasteiger partial charge is 0.325 e. The van der Waals surface area contributed by atoms with Crippen LogP contribution in [0.25, 0.3) is 0 Å². The van der Waals surface area contributed by atoms with Crippen LogP contribution in [0.5, 0.6) is 0 Å². The first-order valence-electron chi connectivity index (χ1n) is 13.6. The second-order valence-electron chi connectivity index (χ2n) is 12.0. The number of hydrogen-bond acceptors (Lipinski definition) is 7. The van der Waals surface area contributed by atoms with Gasteiger partial charge in [-0.05, 0) is 57.2 Å². The minimum Gasteiger partial charge on any atom is -0.468 e. The summed E-state index contributed by atoms with van der Waals surface area (Å²) in [5.41, 5.74) is -0.472. The van der Waals surface area contributed by atoms with Crippen LogP contribution in [0.15, 0.2) is 0 Å². The quantitative estimate of drug-likeness (QED) is 0.415. The maximum absolute atomic E-state index is 13.9. The summed E-state index contributed by atoms with van der Waals surface area (Å²) in [4.78, 5) is 57.3. The molecule has 2 rings (SSSR count). The van der Waals surface area contributed by atoms with Crippen molar-refractivity contribution in [3.05, 3.63) is 0 Å². The minimum absolute atomic E-state index is 0.0909. The molecular weight excluding hydrogens is 474 g/mol. The van der Waals surface area contributed by atoms with Gasteiger partial charge in [-0.1, -0.05) is 41.0 Å². The molecule has 0 aromatic heterocycles. The molecule has 1 unspecified atom stereocenters. The lowest BCUT2D eigenvalue weighted by atomic mass is 9.84. The van der Waals surface area contributed by atoms with Gasteiger partial charge in [-0.25, -0.2) is 0 Å². The molecule has 0 spiro atoms. The summed E-state index contributed by atoms with van der Waals surface area (Å²) in [6.45, 7) is 12.1. The van der Waals surface area contributed by atoms with Gasteiger partial charge in [0.25, 0.3) is 0 Å². The second-order valence-corrected chi connectivity index (χ2v) is 12.0. The van der Waals surface area contributed by atoms with E-state index in [1.54, 1.807) is 11.9 Å². The summed E-state index contributed by atoms with van der Waals surface area (Å²) in [7, 11) is 5.05. The van der Waals surface area contributed by atoms with Crippen LogP contribution in [0.4, 0.5) is 0 Å². The third-order valence-corrected chi connectivity index (χ3v) is 7.81. The van der Waals surface area contributed by atoms with Gasteiger partial charge in [-0.15, -0.1) is 0 Å². The van der Waals surface area contributed by atoms with Gasteiger partial charge < -0.3 is 20.3 Å². The zero-order chi connectivity index (χ0) is 27.9. The lowest BCUT2D eigenvalue weighted by molar-refractivity contribution is -0.143. The number of methoxy groups -OCH3 is 1. The van der Waals surface area contributed by atoms with Gasteiger partial charge in [0.1, 0.15) is 12.6 Å². The topological polar surface area (TPSA) is 111 Å². The van der Waals surface area contributed by atoms with Crippen LogP contribution in [-0.4, -0.2) is 110 Å². The first kappa shape index (κ1) is 31.0. The van der Waals surface area contributed by atoms with E-state index in [-0.39, 0.29) is 48.3 Å². The van der Waals surface area contributed by atoms with Crippen LogP contribution in [0.2, 0.25) is 0 Å². The van der Waals surface area contributed by atoms with Gasteiger partial charge in [-0.2, -0.15) is 0 Å². The Labute approximate surface area is 222 Å². The van der Waals surface area contributed by atoms with Gasteiger partial charge in [0, 0.05) is 19.6 Å². The molecule has 2 fully saturated rings. The van der Waals surface area contributed by atoms with E-state index in [0.29, 0.717) is 13.0 Å². The van der Waals surface area contributed by atoms with E-state index >= 15 is 0 Å². The van der Waals surface area contributed by atoms with Gasteiger partial charge in [0.05, 0.1) is 19.2 Å². The molecule has 2 N–H and O–H groups in total. The summed E-state index contributed by atoms with van der Waals surface area (Å²) in [6, 6.07) is -1.39. The minimum atomic E-state index is -0.667. The molecular formula is C27H49N5O5. The van der Waals surface area contributed by atoms with Crippen molar-refractivity contribution >= 4 is 23.7 Å². The van der Waals surface area contributed by atoms with Crippen molar-refractivity contribution in [2.75, 3.05) is 47.4 Å². The fourth-order valence-corrected chi connectivity index (χ4v) is 5.37. The lowest BCUT2D eigenvalue weighted by Gasteiger charge is -2.41. The van der Waals surface area contributed by atoms with Crippen LogP contribution in [0, 0.1) is 11.3 Å². The van der Waals surface area contributed by atoms with Gasteiger partial charge in [0.15, 0.2) is 0 Å². The molecule has 2 aliphatic rings. The molecule has 2 aliphatic heterocycles. The standard InChI is InChI=1S/C27H49N5O5/c1-18(2)21(17-32-15-11-13-20(32)24(34)28-16-22(33)37-8)31(7)26(36)23(27(3,4)5)29-25(35)19-12-9-10-14-30(19)6/h18-21,23H,9-17H2,1-8H3,(H,28,34)(H,29,35)/t19?,20-,21+,23+/m0/s1. The molecule has 0 aliphatic carbocycles. The molecule has 10 nitrogen and oxygen atoms in total. The summed E-state index contributed by atoms with van der Waals surface area (Å²) in [5, 5.41) is 5.76. The third kappa shape index (κ3) is 8.40. The van der Waals surface area contributed by atoms with E-state index in [0.717, 1.165) is 38.8 Å². The Kier molecular flexibility index (Phi) is 11.4. The number of nitrogens with zero attached hydrogens (tertiary/aromatic N) is 3. The molecule has 4 atom stereocenters. The molecule has 2 saturated heterocycles. The van der Waals surface area contributed by atoms with Crippen LogP contribution in [-0.2, 0) is 23.9 Å². The molecule has 0 bridgehead atoms. The molecule has 10 heteroatoms. The number of rotatable bonds is 10. The zero-order valence-corrected chi connectivity index (χ0v) is 24.1. The van der Waals surface area contributed by atoms with Crippen LogP contribution in [0.1, 0.15) is 66.7 Å². The summed E-state index contributed by atoms with van der Waals surface area (Å²) in [5.74, 6) is -0.765. The van der Waals surface area contributed by atoms with Crippen LogP contribution < -0.4 is 10.6 Å². The Morgan fingerprint density at radius 1 is 1.00 bits per heavy atom. The summed E-state index contributed by atoms with van der Waals surface area (Å²) >= 11 is 0. The number of piperidine rings is 1. The van der Waals surface area contributed by atoms with Crippen molar-refractivity contribution in [1.29, 1.82) is 0 Å². The number of carbonyl (C=O) groups excluding carboxylic acids is 4. The Balaban J connectivity index is 2.14. The van der Waals surface area contributed by atoms with E-state index in [1.165, 1.54) is 7.11 Å². The maximum atomic E-state index is 13.9. The Morgan fingerprint density at radius 2 is 1.65 bits per heavy atom. The Hall–Kier alpha value is -2.20.